The molecule has 17 heavy (non-hydrogen) atoms. The lowest BCUT2D eigenvalue weighted by Crippen LogP contribution is -2.36. The topological polar surface area (TPSA) is 39.7 Å². The molecule has 1 rings (SSSR count). The average Bonchev–Trinajstić information content (AvgIpc) is 2.77. The molecule has 0 amide bonds. The van der Waals surface area contributed by atoms with Crippen LogP contribution < -0.4 is 5.32 Å². The molecule has 0 aromatic carbocycles. The van der Waals surface area contributed by atoms with E-state index < -0.39 is 0 Å². The molecule has 0 radical (unpaired) electrons. The summed E-state index contributed by atoms with van der Waals surface area (Å²) >= 11 is 0. The molecule has 102 valence electrons. The number of rotatable bonds is 9. The number of hydrogen-bond donors (Lipinski definition) is 1. The van der Waals surface area contributed by atoms with Gasteiger partial charge in [0.25, 0.3) is 0 Å². The summed E-state index contributed by atoms with van der Waals surface area (Å²) < 4.78 is 16.6. The first-order valence-electron chi connectivity index (χ1n) is 6.87. The first-order chi connectivity index (χ1) is 8.31. The van der Waals surface area contributed by atoms with Gasteiger partial charge in [0.05, 0.1) is 6.10 Å². The highest BCUT2D eigenvalue weighted by atomic mass is 16.7. The van der Waals surface area contributed by atoms with Crippen LogP contribution in [0.2, 0.25) is 0 Å². The van der Waals surface area contributed by atoms with E-state index in [4.69, 9.17) is 14.2 Å². The minimum Gasteiger partial charge on any atom is -0.378 e. The lowest BCUT2D eigenvalue weighted by Gasteiger charge is -2.21. The van der Waals surface area contributed by atoms with E-state index in [0.717, 1.165) is 26.1 Å². The quantitative estimate of drug-likeness (QED) is 0.629. The average molecular weight is 245 g/mol. The molecule has 1 N–H and O–H groups in total. The Hall–Kier alpha value is -0.160. The minimum atomic E-state index is -0.118. The van der Waals surface area contributed by atoms with Crippen molar-refractivity contribution < 1.29 is 14.2 Å². The third kappa shape index (κ3) is 5.34. The third-order valence-electron chi connectivity index (χ3n) is 3.17. The fraction of sp³-hybridized carbons (Fsp3) is 1.00. The molecule has 4 nitrogen and oxygen atoms in total. The Morgan fingerprint density at radius 1 is 1.24 bits per heavy atom. The van der Waals surface area contributed by atoms with Crippen LogP contribution in [0.25, 0.3) is 0 Å². The number of ether oxygens (including phenoxy) is 3. The lowest BCUT2D eigenvalue weighted by molar-refractivity contribution is -0.133. The summed E-state index contributed by atoms with van der Waals surface area (Å²) in [5.41, 5.74) is 0. The van der Waals surface area contributed by atoms with Crippen LogP contribution in [0.5, 0.6) is 0 Å². The van der Waals surface area contributed by atoms with Gasteiger partial charge < -0.3 is 19.5 Å². The summed E-state index contributed by atoms with van der Waals surface area (Å²) in [5, 5.41) is 3.43. The summed E-state index contributed by atoms with van der Waals surface area (Å²) in [6.45, 7) is 10.2. The fourth-order valence-electron chi connectivity index (χ4n) is 2.30. The zero-order valence-corrected chi connectivity index (χ0v) is 11.4. The van der Waals surface area contributed by atoms with E-state index in [0.29, 0.717) is 25.2 Å². The molecule has 0 saturated carbocycles. The largest absolute Gasteiger partial charge is 0.378 e. The molecule has 1 aliphatic rings. The second kappa shape index (κ2) is 8.86. The van der Waals surface area contributed by atoms with Gasteiger partial charge in [-0.1, -0.05) is 6.92 Å². The molecular formula is C13H27NO3. The van der Waals surface area contributed by atoms with Crippen molar-refractivity contribution in [1.29, 1.82) is 0 Å². The molecule has 1 aliphatic heterocycles. The lowest BCUT2D eigenvalue weighted by atomic mass is 10.00. The van der Waals surface area contributed by atoms with E-state index in [1.165, 1.54) is 6.42 Å². The molecule has 0 aromatic rings. The first kappa shape index (κ1) is 14.9. The van der Waals surface area contributed by atoms with Gasteiger partial charge in [-0.15, -0.1) is 0 Å². The second-order valence-corrected chi connectivity index (χ2v) is 4.36. The van der Waals surface area contributed by atoms with Crippen LogP contribution in [0, 0.1) is 5.92 Å². The zero-order chi connectivity index (χ0) is 12.5. The third-order valence-corrected chi connectivity index (χ3v) is 3.17. The van der Waals surface area contributed by atoms with E-state index in [1.54, 1.807) is 0 Å². The van der Waals surface area contributed by atoms with Gasteiger partial charge in [0.2, 0.25) is 0 Å². The highest BCUT2D eigenvalue weighted by molar-refractivity contribution is 4.77. The van der Waals surface area contributed by atoms with Gasteiger partial charge in [-0.05, 0) is 32.6 Å². The van der Waals surface area contributed by atoms with Gasteiger partial charge >= 0.3 is 0 Å². The van der Waals surface area contributed by atoms with E-state index in [9.17, 15) is 0 Å². The monoisotopic (exact) mass is 245 g/mol. The van der Waals surface area contributed by atoms with Crippen LogP contribution in [-0.2, 0) is 14.2 Å². The molecule has 0 aromatic heterocycles. The molecule has 2 unspecified atom stereocenters. The van der Waals surface area contributed by atoms with Crippen molar-refractivity contribution in [3.8, 4) is 0 Å². The van der Waals surface area contributed by atoms with E-state index in [-0.39, 0.29) is 6.29 Å². The van der Waals surface area contributed by atoms with Crippen molar-refractivity contribution >= 4 is 0 Å². The van der Waals surface area contributed by atoms with Crippen LogP contribution in [0.4, 0.5) is 0 Å². The van der Waals surface area contributed by atoms with E-state index in [1.807, 2.05) is 13.8 Å². The van der Waals surface area contributed by atoms with Crippen LogP contribution in [0.15, 0.2) is 0 Å². The standard InChI is InChI=1S/C13H27NO3/c1-4-12-11(7-8-17-12)9-14-10-13(15-5-2)16-6-3/h11-14H,4-10H2,1-3H3. The van der Waals surface area contributed by atoms with Crippen LogP contribution in [0.1, 0.15) is 33.6 Å². The van der Waals surface area contributed by atoms with Crippen LogP contribution in [0.3, 0.4) is 0 Å². The van der Waals surface area contributed by atoms with Crippen molar-refractivity contribution in [2.45, 2.75) is 46.0 Å². The van der Waals surface area contributed by atoms with Gasteiger partial charge in [-0.3, -0.25) is 0 Å². The van der Waals surface area contributed by atoms with E-state index in [2.05, 4.69) is 12.2 Å². The Morgan fingerprint density at radius 3 is 2.53 bits per heavy atom. The second-order valence-electron chi connectivity index (χ2n) is 4.36. The van der Waals surface area contributed by atoms with Crippen molar-refractivity contribution in [3.63, 3.8) is 0 Å². The van der Waals surface area contributed by atoms with E-state index >= 15 is 0 Å². The fourth-order valence-corrected chi connectivity index (χ4v) is 2.30. The molecular weight excluding hydrogens is 218 g/mol. The van der Waals surface area contributed by atoms with Crippen molar-refractivity contribution in [2.75, 3.05) is 32.9 Å². The molecule has 0 spiro atoms. The maximum atomic E-state index is 5.66. The molecule has 2 atom stereocenters. The summed E-state index contributed by atoms with van der Waals surface area (Å²) in [4.78, 5) is 0. The Morgan fingerprint density at radius 2 is 1.94 bits per heavy atom. The Kier molecular flexibility index (Phi) is 7.77. The minimum absolute atomic E-state index is 0.118. The molecule has 4 heteroatoms. The summed E-state index contributed by atoms with van der Waals surface area (Å²) in [7, 11) is 0. The number of nitrogens with one attached hydrogen (secondary N) is 1. The molecule has 0 bridgehead atoms. The molecule has 1 heterocycles. The SMILES string of the molecule is CCOC(CNCC1CCOC1CC)OCC. The number of hydrogen-bond acceptors (Lipinski definition) is 4. The van der Waals surface area contributed by atoms with Gasteiger partial charge in [-0.25, -0.2) is 0 Å². The van der Waals surface area contributed by atoms with Gasteiger partial charge in [0.1, 0.15) is 0 Å². The summed E-state index contributed by atoms with van der Waals surface area (Å²) in [5.74, 6) is 0.643. The Labute approximate surface area is 105 Å². The summed E-state index contributed by atoms with van der Waals surface area (Å²) in [6.07, 6.45) is 2.58. The molecule has 1 fully saturated rings. The van der Waals surface area contributed by atoms with Crippen molar-refractivity contribution in [2.24, 2.45) is 5.92 Å². The predicted octanol–water partition coefficient (Wildman–Crippen LogP) is 1.79. The van der Waals surface area contributed by atoms with Gasteiger partial charge in [0, 0.05) is 32.9 Å². The predicted molar refractivity (Wildman–Crippen MR) is 68.0 cm³/mol. The smallest absolute Gasteiger partial charge is 0.169 e. The Bertz CT molecular complexity index is 184. The first-order valence-corrected chi connectivity index (χ1v) is 6.87. The summed E-state index contributed by atoms with van der Waals surface area (Å²) in [6, 6.07) is 0. The van der Waals surface area contributed by atoms with Crippen molar-refractivity contribution in [1.82, 2.24) is 5.32 Å². The van der Waals surface area contributed by atoms with Crippen molar-refractivity contribution in [3.05, 3.63) is 0 Å². The van der Waals surface area contributed by atoms with Crippen LogP contribution >= 0.6 is 0 Å². The maximum absolute atomic E-state index is 5.66. The van der Waals surface area contributed by atoms with Crippen LogP contribution in [-0.4, -0.2) is 45.3 Å². The molecule has 0 aliphatic carbocycles. The maximum Gasteiger partial charge on any atom is 0.169 e. The normalized spacial score (nSPS) is 24.7. The van der Waals surface area contributed by atoms with Gasteiger partial charge in [-0.2, -0.15) is 0 Å². The highest BCUT2D eigenvalue weighted by Gasteiger charge is 2.26. The van der Waals surface area contributed by atoms with Gasteiger partial charge in [0.15, 0.2) is 6.29 Å². The molecule has 1 saturated heterocycles. The Balaban J connectivity index is 2.16. The zero-order valence-electron chi connectivity index (χ0n) is 11.4. The highest BCUT2D eigenvalue weighted by Crippen LogP contribution is 2.22.